The van der Waals surface area contributed by atoms with Gasteiger partial charge in [0, 0.05) is 25.5 Å². The van der Waals surface area contributed by atoms with E-state index in [0.29, 0.717) is 17.4 Å². The van der Waals surface area contributed by atoms with E-state index in [2.05, 4.69) is 4.98 Å². The number of hydrogen-bond donors (Lipinski definition) is 0. The lowest BCUT2D eigenvalue weighted by molar-refractivity contribution is -0.120. The SMILES string of the molecule is Cc1cccc(OCC(=O)N(CCCn2ccnc2)c2nc3c(C)cccc3s2)c1.Cl. The molecule has 0 fully saturated rings. The van der Waals surface area contributed by atoms with Gasteiger partial charge in [-0.05, 0) is 49.6 Å². The summed E-state index contributed by atoms with van der Waals surface area (Å²) in [6.45, 7) is 5.36. The minimum absolute atomic E-state index is 0. The first-order valence-corrected chi connectivity index (χ1v) is 10.7. The molecule has 4 aromatic rings. The molecule has 0 unspecified atom stereocenters. The number of anilines is 1. The summed E-state index contributed by atoms with van der Waals surface area (Å²) in [4.78, 5) is 23.7. The molecular weight excluding hydrogens is 432 g/mol. The summed E-state index contributed by atoms with van der Waals surface area (Å²) >= 11 is 1.54. The third kappa shape index (κ3) is 5.62. The molecule has 0 aliphatic heterocycles. The van der Waals surface area contributed by atoms with Gasteiger partial charge in [-0.25, -0.2) is 9.97 Å². The zero-order valence-electron chi connectivity index (χ0n) is 17.5. The number of halogens is 1. The highest BCUT2D eigenvalue weighted by molar-refractivity contribution is 7.22. The van der Waals surface area contributed by atoms with Crippen LogP contribution in [0.25, 0.3) is 10.2 Å². The van der Waals surface area contributed by atoms with Crippen molar-refractivity contribution in [1.29, 1.82) is 0 Å². The van der Waals surface area contributed by atoms with Gasteiger partial charge in [-0.1, -0.05) is 35.6 Å². The van der Waals surface area contributed by atoms with Gasteiger partial charge < -0.3 is 9.30 Å². The smallest absolute Gasteiger partial charge is 0.266 e. The molecule has 1 amide bonds. The summed E-state index contributed by atoms with van der Waals surface area (Å²) in [7, 11) is 0. The number of amides is 1. The van der Waals surface area contributed by atoms with Crippen LogP contribution in [0.15, 0.2) is 61.2 Å². The number of nitrogens with zero attached hydrogens (tertiary/aromatic N) is 4. The Labute approximate surface area is 191 Å². The highest BCUT2D eigenvalue weighted by atomic mass is 35.5. The normalized spacial score (nSPS) is 10.6. The summed E-state index contributed by atoms with van der Waals surface area (Å²) in [5.74, 6) is 0.598. The summed E-state index contributed by atoms with van der Waals surface area (Å²) < 4.78 is 8.86. The lowest BCUT2D eigenvalue weighted by atomic mass is 10.2. The van der Waals surface area contributed by atoms with Crippen LogP contribution in [0.3, 0.4) is 0 Å². The quantitative estimate of drug-likeness (QED) is 0.373. The van der Waals surface area contributed by atoms with Crippen LogP contribution >= 0.6 is 23.7 Å². The third-order valence-electron chi connectivity index (χ3n) is 4.85. The molecule has 8 heteroatoms. The summed E-state index contributed by atoms with van der Waals surface area (Å²) in [6.07, 6.45) is 6.26. The van der Waals surface area contributed by atoms with Crippen molar-refractivity contribution >= 4 is 45.0 Å². The molecule has 6 nitrogen and oxygen atoms in total. The van der Waals surface area contributed by atoms with Crippen molar-refractivity contribution in [2.45, 2.75) is 26.8 Å². The fraction of sp³-hybridized carbons (Fsp3) is 0.261. The molecule has 31 heavy (non-hydrogen) atoms. The molecule has 2 aromatic carbocycles. The molecule has 0 bridgehead atoms. The average molecular weight is 457 g/mol. The predicted octanol–water partition coefficient (Wildman–Crippen LogP) is 5.03. The van der Waals surface area contributed by atoms with Crippen LogP contribution in [0, 0.1) is 13.8 Å². The molecule has 0 N–H and O–H groups in total. The molecule has 0 saturated heterocycles. The first kappa shape index (κ1) is 22.8. The number of imidazole rings is 1. The first-order chi connectivity index (χ1) is 14.6. The molecular formula is C23H25ClN4O2S. The Hall–Kier alpha value is -2.90. The Morgan fingerprint density at radius 1 is 1.19 bits per heavy atom. The number of ether oxygens (including phenoxy) is 1. The van der Waals surface area contributed by atoms with E-state index in [1.165, 1.54) is 11.3 Å². The molecule has 0 aliphatic carbocycles. The maximum Gasteiger partial charge on any atom is 0.266 e. The van der Waals surface area contributed by atoms with Gasteiger partial charge in [0.05, 0.1) is 16.5 Å². The van der Waals surface area contributed by atoms with Gasteiger partial charge in [0.2, 0.25) is 0 Å². The van der Waals surface area contributed by atoms with Crippen molar-refractivity contribution in [2.75, 3.05) is 18.1 Å². The maximum atomic E-state index is 13.1. The summed E-state index contributed by atoms with van der Waals surface area (Å²) in [5.41, 5.74) is 3.15. The van der Waals surface area contributed by atoms with Gasteiger partial charge in [0.25, 0.3) is 5.91 Å². The van der Waals surface area contributed by atoms with E-state index in [4.69, 9.17) is 9.72 Å². The number of fused-ring (bicyclic) bond motifs is 1. The summed E-state index contributed by atoms with van der Waals surface area (Å²) in [5, 5.41) is 0.711. The molecule has 162 valence electrons. The number of benzene rings is 2. The average Bonchev–Trinajstić information content (AvgIpc) is 3.40. The van der Waals surface area contributed by atoms with E-state index < -0.39 is 0 Å². The van der Waals surface area contributed by atoms with Crippen molar-refractivity contribution in [1.82, 2.24) is 14.5 Å². The van der Waals surface area contributed by atoms with E-state index in [1.807, 2.05) is 67.1 Å². The Morgan fingerprint density at radius 3 is 2.77 bits per heavy atom. The van der Waals surface area contributed by atoms with Crippen LogP contribution in [-0.2, 0) is 11.3 Å². The lowest BCUT2D eigenvalue weighted by Gasteiger charge is -2.20. The van der Waals surface area contributed by atoms with Crippen molar-refractivity contribution < 1.29 is 9.53 Å². The second-order valence-corrected chi connectivity index (χ2v) is 8.23. The molecule has 0 saturated carbocycles. The van der Waals surface area contributed by atoms with Crippen LogP contribution in [0.4, 0.5) is 5.13 Å². The number of para-hydroxylation sites is 1. The fourth-order valence-electron chi connectivity index (χ4n) is 3.28. The minimum atomic E-state index is -0.0983. The van der Waals surface area contributed by atoms with Gasteiger partial charge >= 0.3 is 0 Å². The molecule has 0 atom stereocenters. The predicted molar refractivity (Wildman–Crippen MR) is 127 cm³/mol. The van der Waals surface area contributed by atoms with Crippen molar-refractivity contribution in [3.63, 3.8) is 0 Å². The number of carbonyl (C=O) groups excluding carboxylic acids is 1. The number of aromatic nitrogens is 3. The topological polar surface area (TPSA) is 60.2 Å². The lowest BCUT2D eigenvalue weighted by Crippen LogP contribution is -2.36. The van der Waals surface area contributed by atoms with Gasteiger partial charge in [-0.2, -0.15) is 0 Å². The maximum absolute atomic E-state index is 13.1. The monoisotopic (exact) mass is 456 g/mol. The Balaban J connectivity index is 0.00000272. The van der Waals surface area contributed by atoms with Gasteiger partial charge in [-0.15, -0.1) is 12.4 Å². The zero-order valence-corrected chi connectivity index (χ0v) is 19.2. The molecule has 0 spiro atoms. The van der Waals surface area contributed by atoms with Crippen LogP contribution in [0.5, 0.6) is 5.75 Å². The number of thiazole rings is 1. The summed E-state index contributed by atoms with van der Waals surface area (Å²) in [6, 6.07) is 13.8. The Morgan fingerprint density at radius 2 is 2.03 bits per heavy atom. The van der Waals surface area contributed by atoms with Crippen molar-refractivity contribution in [3.05, 3.63) is 72.3 Å². The minimum Gasteiger partial charge on any atom is -0.484 e. The molecule has 2 heterocycles. The zero-order chi connectivity index (χ0) is 20.9. The van der Waals surface area contributed by atoms with Gasteiger partial charge in [0.1, 0.15) is 5.75 Å². The van der Waals surface area contributed by atoms with Crippen LogP contribution in [0.2, 0.25) is 0 Å². The van der Waals surface area contributed by atoms with Gasteiger partial charge in [-0.3, -0.25) is 9.69 Å². The van der Waals surface area contributed by atoms with E-state index in [-0.39, 0.29) is 24.9 Å². The molecule has 4 rings (SSSR count). The Bertz CT molecular complexity index is 1140. The standard InChI is InChI=1S/C23H24N4O2S.ClH/c1-17-6-3-8-19(14-17)29-15-21(28)27(12-5-11-26-13-10-24-16-26)23-25-22-18(2)7-4-9-20(22)30-23;/h3-4,6-10,13-14,16H,5,11-12,15H2,1-2H3;1H. The third-order valence-corrected chi connectivity index (χ3v) is 5.89. The number of rotatable bonds is 8. The molecule has 2 aromatic heterocycles. The van der Waals surface area contributed by atoms with E-state index >= 15 is 0 Å². The van der Waals surface area contributed by atoms with Crippen LogP contribution in [-0.4, -0.2) is 33.6 Å². The van der Waals surface area contributed by atoms with Gasteiger partial charge in [0.15, 0.2) is 11.7 Å². The van der Waals surface area contributed by atoms with E-state index in [1.54, 1.807) is 17.4 Å². The van der Waals surface area contributed by atoms with E-state index in [0.717, 1.165) is 34.3 Å². The van der Waals surface area contributed by atoms with Crippen molar-refractivity contribution in [3.8, 4) is 5.75 Å². The van der Waals surface area contributed by atoms with Crippen LogP contribution < -0.4 is 9.64 Å². The van der Waals surface area contributed by atoms with Crippen LogP contribution in [0.1, 0.15) is 17.5 Å². The fourth-order valence-corrected chi connectivity index (χ4v) is 4.36. The highest BCUT2D eigenvalue weighted by Crippen LogP contribution is 2.31. The second-order valence-electron chi connectivity index (χ2n) is 7.22. The number of carbonyl (C=O) groups is 1. The highest BCUT2D eigenvalue weighted by Gasteiger charge is 2.20. The number of hydrogen-bond acceptors (Lipinski definition) is 5. The first-order valence-electron chi connectivity index (χ1n) is 9.92. The second kappa shape index (κ2) is 10.4. The number of aryl methyl sites for hydroxylation is 3. The Kier molecular flexibility index (Phi) is 7.65. The van der Waals surface area contributed by atoms with Crippen molar-refractivity contribution in [2.24, 2.45) is 0 Å². The largest absolute Gasteiger partial charge is 0.484 e. The molecule has 0 aliphatic rings. The molecule has 0 radical (unpaired) electrons. The van der Waals surface area contributed by atoms with E-state index in [9.17, 15) is 4.79 Å².